The van der Waals surface area contributed by atoms with E-state index in [1.807, 2.05) is 85.5 Å². The molecule has 0 N–H and O–H groups in total. The van der Waals surface area contributed by atoms with Gasteiger partial charge < -0.3 is 4.74 Å². The van der Waals surface area contributed by atoms with Gasteiger partial charge in [0.15, 0.2) is 5.60 Å². The number of rotatable bonds is 6. The smallest absolute Gasteiger partial charge is 0.323 e. The molecular weight excluding hydrogens is 363 g/mol. The van der Waals surface area contributed by atoms with Gasteiger partial charge in [0.25, 0.3) is 0 Å². The third kappa shape index (κ3) is 4.52. The van der Waals surface area contributed by atoms with Crippen LogP contribution in [-0.2, 0) is 16.8 Å². The molecule has 1 unspecified atom stereocenters. The third-order valence-corrected chi connectivity index (χ3v) is 4.76. The van der Waals surface area contributed by atoms with E-state index >= 15 is 0 Å². The van der Waals surface area contributed by atoms with Crippen LogP contribution in [0, 0.1) is 0 Å². The maximum atomic E-state index is 12.4. The molecule has 0 aliphatic carbocycles. The van der Waals surface area contributed by atoms with Gasteiger partial charge in [0.05, 0.1) is 0 Å². The number of carbonyl (C=O) groups is 1. The molecule has 0 radical (unpaired) electrons. The summed E-state index contributed by atoms with van der Waals surface area (Å²) in [4.78, 5) is 12.4. The number of carbonyl (C=O) groups excluding carboxylic acids is 1. The molecule has 0 saturated heterocycles. The molecule has 3 aromatic rings. The molecule has 4 heteroatoms. The molecule has 26 heavy (non-hydrogen) atoms. The summed E-state index contributed by atoms with van der Waals surface area (Å²) in [5.74, 6) is 0. The van der Waals surface area contributed by atoms with Crippen molar-refractivity contribution in [1.82, 2.24) is 0 Å². The maximum absolute atomic E-state index is 12.4. The van der Waals surface area contributed by atoms with Crippen molar-refractivity contribution in [2.75, 3.05) is 6.66 Å². The largest absolute Gasteiger partial charge is 0.446 e. The van der Waals surface area contributed by atoms with Crippen molar-refractivity contribution >= 4 is 26.7 Å². The number of hydrogen-bond donors (Lipinski definition) is 0. The Balaban J connectivity index is 0.00000243. The number of hydrogen-bond acceptors (Lipinski definition) is 2. The minimum absolute atomic E-state index is 0. The van der Waals surface area contributed by atoms with Crippen molar-refractivity contribution in [1.29, 1.82) is 0 Å². The van der Waals surface area contributed by atoms with Gasteiger partial charge in [-0.25, -0.2) is 4.79 Å². The zero-order valence-electron chi connectivity index (χ0n) is 14.6. The molecule has 0 aliphatic heterocycles. The highest BCUT2D eigenvalue weighted by Gasteiger charge is 2.38. The molecule has 2 nitrogen and oxygen atoms in total. The van der Waals surface area contributed by atoms with Crippen LogP contribution in [0.4, 0.5) is 4.79 Å². The van der Waals surface area contributed by atoms with E-state index in [4.69, 9.17) is 4.74 Å². The van der Waals surface area contributed by atoms with E-state index in [2.05, 4.69) is 12.1 Å². The average Bonchev–Trinajstić information content (AvgIpc) is 2.69. The molecule has 0 aliphatic rings. The predicted molar refractivity (Wildman–Crippen MR) is 112 cm³/mol. The minimum Gasteiger partial charge on any atom is -0.446 e. The van der Waals surface area contributed by atoms with Crippen LogP contribution >= 0.6 is 21.0 Å². The van der Waals surface area contributed by atoms with Gasteiger partial charge in [-0.1, -0.05) is 91.0 Å². The fourth-order valence-corrected chi connectivity index (χ4v) is 3.31. The normalized spacial score (nSPS) is 11.1. The van der Waals surface area contributed by atoms with Crippen LogP contribution in [0.3, 0.4) is 0 Å². The Labute approximate surface area is 162 Å². The fourth-order valence-electron chi connectivity index (χ4n) is 3.03. The Bertz CT molecular complexity index is 768. The van der Waals surface area contributed by atoms with Crippen LogP contribution < -0.4 is 0 Å². The van der Waals surface area contributed by atoms with Gasteiger partial charge in [0, 0.05) is 17.5 Å². The first-order valence-electron chi connectivity index (χ1n) is 8.30. The highest BCUT2D eigenvalue weighted by atomic mass is 35.5. The van der Waals surface area contributed by atoms with Crippen molar-refractivity contribution in [3.8, 4) is 0 Å². The molecule has 134 valence electrons. The lowest BCUT2D eigenvalue weighted by Gasteiger charge is -2.35. The van der Waals surface area contributed by atoms with Gasteiger partial charge >= 0.3 is 5.71 Å². The van der Waals surface area contributed by atoms with Crippen LogP contribution in [0.25, 0.3) is 0 Å². The molecule has 0 fully saturated rings. The average molecular weight is 385 g/mol. The lowest BCUT2D eigenvalue weighted by atomic mass is 9.81. The summed E-state index contributed by atoms with van der Waals surface area (Å²) in [6.07, 6.45) is 0.595. The van der Waals surface area contributed by atoms with Crippen LogP contribution in [0.1, 0.15) is 16.7 Å². The molecule has 0 spiro atoms. The first-order valence-corrected chi connectivity index (χ1v) is 9.80. The van der Waals surface area contributed by atoms with Crippen LogP contribution in [-0.4, -0.2) is 12.4 Å². The summed E-state index contributed by atoms with van der Waals surface area (Å²) in [6.45, 7) is 1.85. The molecule has 3 rings (SSSR count). The van der Waals surface area contributed by atoms with Gasteiger partial charge in [-0.2, -0.15) is 0 Å². The second-order valence-corrected chi connectivity index (χ2v) is 6.77. The van der Waals surface area contributed by atoms with Gasteiger partial charge in [-0.3, -0.25) is 0 Å². The van der Waals surface area contributed by atoms with Crippen molar-refractivity contribution in [2.45, 2.75) is 12.0 Å². The Hall–Kier alpha value is -2.15. The van der Waals surface area contributed by atoms with E-state index < -0.39 is 5.60 Å². The highest BCUT2D eigenvalue weighted by molar-refractivity contribution is 7.56. The second-order valence-electron chi connectivity index (χ2n) is 5.86. The van der Waals surface area contributed by atoms with Crippen LogP contribution in [0.15, 0.2) is 91.0 Å². The zero-order chi connectivity index (χ0) is 17.5. The second kappa shape index (κ2) is 9.52. The molecule has 3 aromatic carbocycles. The Morgan fingerprint density at radius 2 is 1.23 bits per heavy atom. The van der Waals surface area contributed by atoms with Gasteiger partial charge in [0.1, 0.15) is 0 Å². The van der Waals surface area contributed by atoms with Crippen molar-refractivity contribution in [2.24, 2.45) is 0 Å². The SMILES string of the molecule is CPC(=O)OC(Cc1ccccc1)(c1ccccc1)c1ccccc1.Cl. The summed E-state index contributed by atoms with van der Waals surface area (Å²) in [5.41, 5.74) is 2.09. The lowest BCUT2D eigenvalue weighted by Crippen LogP contribution is -2.35. The Kier molecular flexibility index (Phi) is 7.38. The number of benzene rings is 3. The molecule has 0 amide bonds. The lowest BCUT2D eigenvalue weighted by molar-refractivity contribution is 0.0580. The van der Waals surface area contributed by atoms with E-state index in [9.17, 15) is 4.79 Å². The summed E-state index contributed by atoms with van der Waals surface area (Å²) < 4.78 is 6.14. The van der Waals surface area contributed by atoms with E-state index in [1.165, 1.54) is 0 Å². The van der Waals surface area contributed by atoms with Crippen molar-refractivity contribution in [3.63, 3.8) is 0 Å². The molecule has 1 atom stereocenters. The first kappa shape index (κ1) is 20.2. The highest BCUT2D eigenvalue weighted by Crippen LogP contribution is 2.39. The summed E-state index contributed by atoms with van der Waals surface area (Å²) in [7, 11) is 0.0945. The van der Waals surface area contributed by atoms with E-state index in [0.29, 0.717) is 6.42 Å². The predicted octanol–water partition coefficient (Wildman–Crippen LogP) is 6.04. The summed E-state index contributed by atoms with van der Waals surface area (Å²) >= 11 is 0. The standard InChI is InChI=1S/C22H21O2P.ClH/c1-25-21(23)24-22(19-13-7-3-8-14-19,20-15-9-4-10-16-20)17-18-11-5-2-6-12-18;/h2-16,25H,17H2,1H3;1H. The van der Waals surface area contributed by atoms with E-state index in [1.54, 1.807) is 0 Å². The molecule has 0 bridgehead atoms. The Morgan fingerprint density at radius 3 is 1.65 bits per heavy atom. The van der Waals surface area contributed by atoms with E-state index in [0.717, 1.165) is 16.7 Å². The van der Waals surface area contributed by atoms with Crippen molar-refractivity contribution in [3.05, 3.63) is 108 Å². The molecule has 0 heterocycles. The quantitative estimate of drug-likeness (QED) is 0.484. The molecule has 0 saturated carbocycles. The van der Waals surface area contributed by atoms with Crippen molar-refractivity contribution < 1.29 is 9.53 Å². The van der Waals surface area contributed by atoms with E-state index in [-0.39, 0.29) is 26.7 Å². The maximum Gasteiger partial charge on any atom is 0.323 e. The topological polar surface area (TPSA) is 26.3 Å². The van der Waals surface area contributed by atoms with Gasteiger partial charge in [0.2, 0.25) is 0 Å². The zero-order valence-corrected chi connectivity index (χ0v) is 16.4. The number of halogens is 1. The fraction of sp³-hybridized carbons (Fsp3) is 0.136. The monoisotopic (exact) mass is 384 g/mol. The van der Waals surface area contributed by atoms with Gasteiger partial charge in [-0.15, -0.1) is 12.4 Å². The third-order valence-electron chi connectivity index (χ3n) is 4.25. The number of ether oxygens (including phenoxy) is 1. The molecular formula is C22H22ClO2P. The Morgan fingerprint density at radius 1 is 0.808 bits per heavy atom. The summed E-state index contributed by atoms with van der Waals surface area (Å²) in [6, 6.07) is 30.2. The summed E-state index contributed by atoms with van der Waals surface area (Å²) in [5, 5.41) is 0. The van der Waals surface area contributed by atoms with Gasteiger partial charge in [-0.05, 0) is 20.8 Å². The molecule has 0 aromatic heterocycles. The first-order chi connectivity index (χ1) is 12.2. The minimum atomic E-state index is -0.829. The van der Waals surface area contributed by atoms with Crippen LogP contribution in [0.5, 0.6) is 0 Å². The van der Waals surface area contributed by atoms with Crippen LogP contribution in [0.2, 0.25) is 0 Å².